The molecular weight excluding hydrogens is 460 g/mol. The Hall–Kier alpha value is -4.40. The van der Waals surface area contributed by atoms with Crippen molar-refractivity contribution in [3.63, 3.8) is 0 Å². The Morgan fingerprint density at radius 3 is 2.64 bits per heavy atom. The van der Waals surface area contributed by atoms with Crippen molar-refractivity contribution in [1.29, 1.82) is 0 Å². The van der Waals surface area contributed by atoms with Crippen molar-refractivity contribution in [3.05, 3.63) is 89.4 Å². The summed E-state index contributed by atoms with van der Waals surface area (Å²) in [6.07, 6.45) is 1.99. The quantitative estimate of drug-likeness (QED) is 0.535. The third kappa shape index (κ3) is 4.02. The highest BCUT2D eigenvalue weighted by Gasteiger charge is 2.50. The minimum atomic E-state index is -1.33. The van der Waals surface area contributed by atoms with Gasteiger partial charge in [0.25, 0.3) is 11.8 Å². The van der Waals surface area contributed by atoms with Crippen LogP contribution < -0.4 is 10.1 Å². The van der Waals surface area contributed by atoms with E-state index in [2.05, 4.69) is 10.4 Å². The smallest absolute Gasteiger partial charge is 0.325 e. The largest absolute Gasteiger partial charge is 0.497 e. The Kier molecular flexibility index (Phi) is 5.83. The molecule has 9 nitrogen and oxygen atoms in total. The Balaban J connectivity index is 1.41. The van der Waals surface area contributed by atoms with Crippen LogP contribution in [0.2, 0.25) is 0 Å². The first-order valence-electron chi connectivity index (χ1n) is 11.6. The summed E-state index contributed by atoms with van der Waals surface area (Å²) in [6, 6.07) is 17.2. The molecule has 5 rings (SSSR count). The zero-order chi connectivity index (χ0) is 25.4. The molecule has 1 saturated heterocycles. The van der Waals surface area contributed by atoms with E-state index in [1.54, 1.807) is 49.6 Å². The lowest BCUT2D eigenvalue weighted by Gasteiger charge is -2.24. The van der Waals surface area contributed by atoms with Gasteiger partial charge < -0.3 is 14.5 Å². The number of aryl methyl sites for hydroxylation is 1. The number of furan rings is 1. The van der Waals surface area contributed by atoms with E-state index in [9.17, 15) is 14.4 Å². The van der Waals surface area contributed by atoms with Gasteiger partial charge in [-0.05, 0) is 49.2 Å². The van der Waals surface area contributed by atoms with E-state index in [4.69, 9.17) is 9.15 Å². The summed E-state index contributed by atoms with van der Waals surface area (Å²) in [5.41, 5.74) is 1.97. The molecule has 1 N–H and O–H groups in total. The summed E-state index contributed by atoms with van der Waals surface area (Å²) in [5, 5.41) is 8.63. The molecule has 2 atom stereocenters. The average Bonchev–Trinajstić information content (AvgIpc) is 3.61. The normalized spacial score (nSPS) is 21.5. The predicted molar refractivity (Wildman–Crippen MR) is 131 cm³/mol. The van der Waals surface area contributed by atoms with Crippen molar-refractivity contribution in [2.45, 2.75) is 31.8 Å². The van der Waals surface area contributed by atoms with Gasteiger partial charge in [0, 0.05) is 6.42 Å². The molecule has 3 aromatic rings. The highest BCUT2D eigenvalue weighted by molar-refractivity contribution is 6.09. The van der Waals surface area contributed by atoms with E-state index in [0.29, 0.717) is 23.5 Å². The van der Waals surface area contributed by atoms with Gasteiger partial charge in [0.05, 0.1) is 19.1 Å². The Labute approximate surface area is 208 Å². The predicted octanol–water partition coefficient (Wildman–Crippen LogP) is 3.74. The van der Waals surface area contributed by atoms with Crippen LogP contribution in [-0.2, 0) is 15.1 Å². The molecule has 0 bridgehead atoms. The van der Waals surface area contributed by atoms with Crippen molar-refractivity contribution in [2.75, 3.05) is 13.7 Å². The summed E-state index contributed by atoms with van der Waals surface area (Å²) in [4.78, 5) is 40.6. The zero-order valence-corrected chi connectivity index (χ0v) is 20.2. The maximum Gasteiger partial charge on any atom is 0.325 e. The van der Waals surface area contributed by atoms with Crippen molar-refractivity contribution >= 4 is 23.6 Å². The highest BCUT2D eigenvalue weighted by Crippen LogP contribution is 2.35. The third-order valence-corrected chi connectivity index (χ3v) is 6.64. The monoisotopic (exact) mass is 486 g/mol. The van der Waals surface area contributed by atoms with Gasteiger partial charge in [0.2, 0.25) is 0 Å². The van der Waals surface area contributed by atoms with Crippen LogP contribution in [0.3, 0.4) is 0 Å². The molecule has 36 heavy (non-hydrogen) atoms. The first kappa shape index (κ1) is 23.3. The summed E-state index contributed by atoms with van der Waals surface area (Å²) < 4.78 is 10.8. The molecule has 2 unspecified atom stereocenters. The van der Waals surface area contributed by atoms with Crippen molar-refractivity contribution in [3.8, 4) is 5.75 Å². The van der Waals surface area contributed by atoms with Crippen LogP contribution in [0, 0.1) is 6.92 Å². The first-order chi connectivity index (χ1) is 17.3. The molecule has 2 aliphatic rings. The number of benzene rings is 2. The molecular formula is C27H26N4O5. The number of methoxy groups -OCH3 is 1. The lowest BCUT2D eigenvalue weighted by Crippen LogP contribution is -2.43. The number of hydrogen-bond donors (Lipinski definition) is 1. The summed E-state index contributed by atoms with van der Waals surface area (Å²) in [6.45, 7) is 3.16. The van der Waals surface area contributed by atoms with Gasteiger partial charge in [-0.2, -0.15) is 5.10 Å². The zero-order valence-electron chi connectivity index (χ0n) is 20.2. The van der Waals surface area contributed by atoms with Crippen molar-refractivity contribution < 1.29 is 23.5 Å². The number of ether oxygens (including phenoxy) is 1. The Bertz CT molecular complexity index is 1350. The molecule has 9 heteroatoms. The number of rotatable bonds is 6. The average molecular weight is 487 g/mol. The number of hydrazone groups is 1. The highest BCUT2D eigenvalue weighted by atomic mass is 16.5. The minimum absolute atomic E-state index is 0.448. The number of carbonyl (C=O) groups excluding carboxylic acids is 3. The number of nitrogens with one attached hydrogen (secondary N) is 1. The van der Waals surface area contributed by atoms with Crippen LogP contribution in [0.15, 0.2) is 76.4 Å². The molecule has 1 aromatic heterocycles. The summed E-state index contributed by atoms with van der Waals surface area (Å²) in [5.74, 6) is 0.122. The number of imide groups is 1. The van der Waals surface area contributed by atoms with Crippen LogP contribution in [-0.4, -0.2) is 47.1 Å². The van der Waals surface area contributed by atoms with Crippen molar-refractivity contribution in [1.82, 2.24) is 15.2 Å². The lowest BCUT2D eigenvalue weighted by atomic mass is 9.92. The molecule has 0 spiro atoms. The van der Waals surface area contributed by atoms with Crippen molar-refractivity contribution in [2.24, 2.45) is 5.10 Å². The molecule has 184 valence electrons. The van der Waals surface area contributed by atoms with Gasteiger partial charge in [-0.25, -0.2) is 9.80 Å². The van der Waals surface area contributed by atoms with Gasteiger partial charge in [0.1, 0.15) is 29.6 Å². The Morgan fingerprint density at radius 1 is 1.17 bits per heavy atom. The van der Waals surface area contributed by atoms with Crippen LogP contribution in [0.25, 0.3) is 0 Å². The molecule has 0 radical (unpaired) electrons. The molecule has 0 saturated carbocycles. The third-order valence-electron chi connectivity index (χ3n) is 6.64. The van der Waals surface area contributed by atoms with E-state index in [1.807, 2.05) is 31.2 Å². The first-order valence-corrected chi connectivity index (χ1v) is 11.6. The number of urea groups is 1. The van der Waals surface area contributed by atoms with E-state index in [1.165, 1.54) is 12.1 Å². The summed E-state index contributed by atoms with van der Waals surface area (Å²) in [7, 11) is 1.53. The van der Waals surface area contributed by atoms with E-state index >= 15 is 0 Å². The fourth-order valence-corrected chi connectivity index (χ4v) is 4.54. The van der Waals surface area contributed by atoms with Gasteiger partial charge in [0.15, 0.2) is 0 Å². The van der Waals surface area contributed by atoms with Gasteiger partial charge in [-0.1, -0.05) is 42.0 Å². The molecule has 0 aliphatic carbocycles. The maximum atomic E-state index is 13.5. The number of nitrogens with zero attached hydrogens (tertiary/aromatic N) is 3. The van der Waals surface area contributed by atoms with Crippen LogP contribution >= 0.6 is 0 Å². The van der Waals surface area contributed by atoms with E-state index < -0.39 is 36.0 Å². The summed E-state index contributed by atoms with van der Waals surface area (Å²) >= 11 is 0. The van der Waals surface area contributed by atoms with Crippen LogP contribution in [0.1, 0.15) is 41.8 Å². The van der Waals surface area contributed by atoms with Gasteiger partial charge >= 0.3 is 6.03 Å². The second kappa shape index (κ2) is 8.99. The Morgan fingerprint density at radius 2 is 1.94 bits per heavy atom. The SMILES string of the molecule is COc1cccc(C2(C)NC(=O)N(CC(=O)N3N=C(c4ccc(C)cc4)CC3c3ccco3)C2=O)c1. The molecule has 2 aliphatic heterocycles. The molecule has 3 heterocycles. The topological polar surface area (TPSA) is 104 Å². The number of hydrogen-bond acceptors (Lipinski definition) is 6. The fraction of sp³-hybridized carbons (Fsp3) is 0.259. The van der Waals surface area contributed by atoms with Gasteiger partial charge in [-0.15, -0.1) is 0 Å². The fourth-order valence-electron chi connectivity index (χ4n) is 4.54. The van der Waals surface area contributed by atoms with Gasteiger partial charge in [-0.3, -0.25) is 14.5 Å². The maximum absolute atomic E-state index is 13.5. The van der Waals surface area contributed by atoms with E-state index in [-0.39, 0.29) is 0 Å². The molecule has 1 fully saturated rings. The standard InChI is InChI=1S/C27H26N4O5/c1-17-9-11-18(12-10-17)21-15-22(23-8-5-13-36-23)31(29-21)24(32)16-30-25(33)27(2,28-26(30)34)19-6-4-7-20(14-19)35-3/h4-14,22H,15-16H2,1-3H3,(H,28,34). The molecule has 2 aromatic carbocycles. The lowest BCUT2D eigenvalue weighted by molar-refractivity contribution is -0.140. The van der Waals surface area contributed by atoms with E-state index in [0.717, 1.165) is 21.7 Å². The second-order valence-corrected chi connectivity index (χ2v) is 9.06. The number of carbonyl (C=O) groups is 3. The van der Waals surface area contributed by atoms with Crippen LogP contribution in [0.5, 0.6) is 5.75 Å². The number of amides is 4. The molecule has 4 amide bonds. The second-order valence-electron chi connectivity index (χ2n) is 9.06. The van der Waals surface area contributed by atoms with Crippen LogP contribution in [0.4, 0.5) is 4.79 Å². The minimum Gasteiger partial charge on any atom is -0.497 e.